The first-order valence-electron chi connectivity index (χ1n) is 8.78. The first kappa shape index (κ1) is 18.1. The summed E-state index contributed by atoms with van der Waals surface area (Å²) in [6.07, 6.45) is 5.34. The Balaban J connectivity index is 1.77. The van der Waals surface area contributed by atoms with Crippen molar-refractivity contribution in [3.05, 3.63) is 46.5 Å². The molecule has 0 bridgehead atoms. The summed E-state index contributed by atoms with van der Waals surface area (Å²) in [4.78, 5) is 24.3. The maximum absolute atomic E-state index is 14.2. The predicted octanol–water partition coefficient (Wildman–Crippen LogP) is 2.51. The van der Waals surface area contributed by atoms with Crippen LogP contribution in [0, 0.1) is 5.82 Å². The van der Waals surface area contributed by atoms with Crippen molar-refractivity contribution in [2.24, 2.45) is 0 Å². The number of nitrogens with zero attached hydrogens (tertiary/aromatic N) is 2. The Morgan fingerprint density at radius 1 is 1.27 bits per heavy atom. The largest absolute Gasteiger partial charge is 0.497 e. The second-order valence-corrected chi connectivity index (χ2v) is 6.46. The number of ether oxygens (including phenoxy) is 1. The van der Waals surface area contributed by atoms with Crippen LogP contribution in [0.4, 0.5) is 4.39 Å². The molecule has 1 aliphatic carbocycles. The van der Waals surface area contributed by atoms with Gasteiger partial charge in [0.1, 0.15) is 18.1 Å². The first-order chi connectivity index (χ1) is 12.6. The highest BCUT2D eigenvalue weighted by Crippen LogP contribution is 2.24. The highest BCUT2D eigenvalue weighted by molar-refractivity contribution is 5.76. The lowest BCUT2D eigenvalue weighted by Gasteiger charge is -2.22. The zero-order valence-electron chi connectivity index (χ0n) is 14.7. The summed E-state index contributed by atoms with van der Waals surface area (Å²) in [5.74, 6) is -0.362. The van der Waals surface area contributed by atoms with Crippen molar-refractivity contribution >= 4 is 5.91 Å². The van der Waals surface area contributed by atoms with Crippen molar-refractivity contribution in [2.75, 3.05) is 7.11 Å². The molecule has 0 saturated heterocycles. The molecule has 1 amide bonds. The maximum Gasteiger partial charge on any atom is 0.267 e. The van der Waals surface area contributed by atoms with Crippen LogP contribution in [-0.4, -0.2) is 28.8 Å². The number of carbonyl (C=O) groups is 1. The lowest BCUT2D eigenvalue weighted by atomic mass is 9.95. The van der Waals surface area contributed by atoms with Crippen LogP contribution in [0.2, 0.25) is 0 Å². The monoisotopic (exact) mass is 359 g/mol. The summed E-state index contributed by atoms with van der Waals surface area (Å²) in [5, 5.41) is 7.11. The Kier molecular flexibility index (Phi) is 5.65. The molecule has 0 radical (unpaired) electrons. The number of hydrogen-bond donors (Lipinski definition) is 1. The third kappa shape index (κ3) is 4.28. The minimum atomic E-state index is -0.506. The standard InChI is InChI=1S/C19H22FN3O3/c1-26-14-7-8-15(16(20)11-14)17-9-10-19(25)23(22-17)12-18(24)21-13-5-3-2-4-6-13/h7-11,13H,2-6,12H2,1H3,(H,21,24). The van der Waals surface area contributed by atoms with Gasteiger partial charge in [-0.3, -0.25) is 9.59 Å². The van der Waals surface area contributed by atoms with E-state index in [0.717, 1.165) is 30.4 Å². The molecule has 3 rings (SSSR count). The molecule has 1 aromatic heterocycles. The molecule has 0 spiro atoms. The molecule has 0 atom stereocenters. The van der Waals surface area contributed by atoms with E-state index in [1.54, 1.807) is 6.07 Å². The van der Waals surface area contributed by atoms with Crippen LogP contribution >= 0.6 is 0 Å². The van der Waals surface area contributed by atoms with Crippen molar-refractivity contribution < 1.29 is 13.9 Å². The second-order valence-electron chi connectivity index (χ2n) is 6.46. The predicted molar refractivity (Wildman–Crippen MR) is 95.5 cm³/mol. The quantitative estimate of drug-likeness (QED) is 0.890. The molecule has 0 aliphatic heterocycles. The number of amides is 1. The van der Waals surface area contributed by atoms with Gasteiger partial charge in [0.15, 0.2) is 0 Å². The number of benzene rings is 1. The smallest absolute Gasteiger partial charge is 0.267 e. The van der Waals surface area contributed by atoms with E-state index in [1.165, 1.54) is 37.8 Å². The Hall–Kier alpha value is -2.70. The normalized spacial score (nSPS) is 14.8. The molecule has 1 fully saturated rings. The minimum absolute atomic E-state index is 0.161. The van der Waals surface area contributed by atoms with E-state index in [-0.39, 0.29) is 29.8 Å². The Labute approximate surface area is 151 Å². The van der Waals surface area contributed by atoms with Crippen LogP contribution in [0.5, 0.6) is 5.75 Å². The van der Waals surface area contributed by atoms with E-state index < -0.39 is 11.4 Å². The SMILES string of the molecule is COc1ccc(-c2ccc(=O)n(CC(=O)NC3CCCCC3)n2)c(F)c1. The topological polar surface area (TPSA) is 73.2 Å². The van der Waals surface area contributed by atoms with Gasteiger partial charge in [-0.1, -0.05) is 19.3 Å². The molecular weight excluding hydrogens is 337 g/mol. The fourth-order valence-corrected chi connectivity index (χ4v) is 3.19. The molecule has 0 unspecified atom stereocenters. The van der Waals surface area contributed by atoms with Gasteiger partial charge in [-0.15, -0.1) is 0 Å². The molecule has 6 nitrogen and oxygen atoms in total. The molecule has 7 heteroatoms. The molecule has 26 heavy (non-hydrogen) atoms. The Bertz CT molecular complexity index is 844. The van der Waals surface area contributed by atoms with Gasteiger partial charge in [0.05, 0.1) is 12.8 Å². The molecule has 1 heterocycles. The Morgan fingerprint density at radius 3 is 2.73 bits per heavy atom. The fraction of sp³-hybridized carbons (Fsp3) is 0.421. The van der Waals surface area contributed by atoms with Gasteiger partial charge < -0.3 is 10.1 Å². The number of methoxy groups -OCH3 is 1. The van der Waals surface area contributed by atoms with Crippen molar-refractivity contribution in [1.29, 1.82) is 0 Å². The lowest BCUT2D eigenvalue weighted by molar-refractivity contribution is -0.122. The van der Waals surface area contributed by atoms with E-state index in [4.69, 9.17) is 4.74 Å². The average molecular weight is 359 g/mol. The van der Waals surface area contributed by atoms with Crippen LogP contribution in [0.3, 0.4) is 0 Å². The van der Waals surface area contributed by atoms with Crippen LogP contribution in [0.15, 0.2) is 35.1 Å². The van der Waals surface area contributed by atoms with Crippen molar-refractivity contribution in [2.45, 2.75) is 44.7 Å². The Morgan fingerprint density at radius 2 is 2.04 bits per heavy atom. The summed E-state index contributed by atoms with van der Waals surface area (Å²) in [6, 6.07) is 7.30. The van der Waals surface area contributed by atoms with Crippen molar-refractivity contribution in [3.63, 3.8) is 0 Å². The zero-order valence-corrected chi connectivity index (χ0v) is 14.7. The van der Waals surface area contributed by atoms with Gasteiger partial charge in [0.25, 0.3) is 5.56 Å². The minimum Gasteiger partial charge on any atom is -0.497 e. The summed E-state index contributed by atoms with van der Waals surface area (Å²) < 4.78 is 20.3. The van der Waals surface area contributed by atoms with Crippen molar-refractivity contribution in [1.82, 2.24) is 15.1 Å². The molecule has 1 N–H and O–H groups in total. The number of halogens is 1. The molecule has 138 valence electrons. The summed E-state index contributed by atoms with van der Waals surface area (Å²) in [7, 11) is 1.46. The number of aromatic nitrogens is 2. The van der Waals surface area contributed by atoms with Gasteiger partial charge >= 0.3 is 0 Å². The third-order valence-corrected chi connectivity index (χ3v) is 4.58. The number of hydrogen-bond acceptors (Lipinski definition) is 4. The van der Waals surface area contributed by atoms with Gasteiger partial charge in [-0.2, -0.15) is 5.10 Å². The molecular formula is C19H22FN3O3. The summed E-state index contributed by atoms with van der Waals surface area (Å²) >= 11 is 0. The van der Waals surface area contributed by atoms with Gasteiger partial charge in [0.2, 0.25) is 5.91 Å². The van der Waals surface area contributed by atoms with E-state index in [0.29, 0.717) is 5.75 Å². The van der Waals surface area contributed by atoms with E-state index in [1.807, 2.05) is 0 Å². The molecule has 1 aliphatic rings. The second kappa shape index (κ2) is 8.12. The summed E-state index contributed by atoms with van der Waals surface area (Å²) in [5.41, 5.74) is 0.129. The van der Waals surface area contributed by atoms with Crippen LogP contribution < -0.4 is 15.6 Å². The van der Waals surface area contributed by atoms with Crippen molar-refractivity contribution in [3.8, 4) is 17.0 Å². The van der Waals surface area contributed by atoms with E-state index >= 15 is 0 Å². The first-order valence-corrected chi connectivity index (χ1v) is 8.78. The van der Waals surface area contributed by atoms with E-state index in [2.05, 4.69) is 10.4 Å². The van der Waals surface area contributed by atoms with Crippen LogP contribution in [-0.2, 0) is 11.3 Å². The van der Waals surface area contributed by atoms with Gasteiger partial charge in [-0.05, 0) is 31.0 Å². The van der Waals surface area contributed by atoms with Gasteiger partial charge in [0, 0.05) is 23.7 Å². The highest BCUT2D eigenvalue weighted by atomic mass is 19.1. The number of rotatable bonds is 5. The van der Waals surface area contributed by atoms with E-state index in [9.17, 15) is 14.0 Å². The number of nitrogens with one attached hydrogen (secondary N) is 1. The highest BCUT2D eigenvalue weighted by Gasteiger charge is 2.17. The zero-order chi connectivity index (χ0) is 18.5. The molecule has 1 saturated carbocycles. The maximum atomic E-state index is 14.2. The average Bonchev–Trinajstić information content (AvgIpc) is 2.64. The lowest BCUT2D eigenvalue weighted by Crippen LogP contribution is -2.40. The fourth-order valence-electron chi connectivity index (χ4n) is 3.19. The summed E-state index contributed by atoms with van der Waals surface area (Å²) in [6.45, 7) is -0.180. The number of carbonyl (C=O) groups excluding carboxylic acids is 1. The molecule has 1 aromatic carbocycles. The van der Waals surface area contributed by atoms with Gasteiger partial charge in [-0.25, -0.2) is 9.07 Å². The van der Waals surface area contributed by atoms with Crippen LogP contribution in [0.1, 0.15) is 32.1 Å². The molecule has 2 aromatic rings. The third-order valence-electron chi connectivity index (χ3n) is 4.58. The van der Waals surface area contributed by atoms with Crippen LogP contribution in [0.25, 0.3) is 11.3 Å².